The van der Waals surface area contributed by atoms with Gasteiger partial charge in [0.2, 0.25) is 11.7 Å². The van der Waals surface area contributed by atoms with Crippen molar-refractivity contribution < 1.29 is 9.26 Å². The summed E-state index contributed by atoms with van der Waals surface area (Å²) in [4.78, 5) is 4.57. The SMILES string of the molecule is CCOC1(c2noc(CCCNC)n2)CCCCC1. The molecule has 1 N–H and O–H groups in total. The van der Waals surface area contributed by atoms with Crippen molar-refractivity contribution >= 4 is 0 Å². The normalized spacial score (nSPS) is 18.6. The summed E-state index contributed by atoms with van der Waals surface area (Å²) >= 11 is 0. The van der Waals surface area contributed by atoms with E-state index < -0.39 is 0 Å². The van der Waals surface area contributed by atoms with Crippen LogP contribution in [0.2, 0.25) is 0 Å². The van der Waals surface area contributed by atoms with E-state index in [2.05, 4.69) is 15.5 Å². The summed E-state index contributed by atoms with van der Waals surface area (Å²) in [5, 5.41) is 7.30. The molecule has 0 amide bonds. The van der Waals surface area contributed by atoms with Gasteiger partial charge in [-0.3, -0.25) is 0 Å². The summed E-state index contributed by atoms with van der Waals surface area (Å²) in [6, 6.07) is 0. The van der Waals surface area contributed by atoms with Gasteiger partial charge in [0.05, 0.1) is 0 Å². The van der Waals surface area contributed by atoms with Crippen LogP contribution in [0.5, 0.6) is 0 Å². The zero-order valence-electron chi connectivity index (χ0n) is 12.1. The van der Waals surface area contributed by atoms with E-state index in [1.165, 1.54) is 19.3 Å². The predicted octanol–water partition coefficient (Wildman–Crippen LogP) is 2.42. The monoisotopic (exact) mass is 267 g/mol. The second-order valence-electron chi connectivity index (χ2n) is 5.21. The summed E-state index contributed by atoms with van der Waals surface area (Å²) < 4.78 is 11.4. The molecule has 1 aromatic rings. The second kappa shape index (κ2) is 7.01. The topological polar surface area (TPSA) is 60.2 Å². The fourth-order valence-corrected chi connectivity index (χ4v) is 2.79. The molecule has 1 aromatic heterocycles. The number of nitrogens with one attached hydrogen (secondary N) is 1. The van der Waals surface area contributed by atoms with Crippen LogP contribution in [0.4, 0.5) is 0 Å². The Labute approximate surface area is 115 Å². The first-order chi connectivity index (χ1) is 9.30. The van der Waals surface area contributed by atoms with Crippen LogP contribution in [0.25, 0.3) is 0 Å². The first-order valence-corrected chi connectivity index (χ1v) is 7.42. The van der Waals surface area contributed by atoms with Crippen LogP contribution in [-0.4, -0.2) is 30.3 Å². The molecule has 108 valence electrons. The summed E-state index contributed by atoms with van der Waals surface area (Å²) in [5.41, 5.74) is -0.294. The summed E-state index contributed by atoms with van der Waals surface area (Å²) in [7, 11) is 1.95. The zero-order valence-corrected chi connectivity index (χ0v) is 12.1. The van der Waals surface area contributed by atoms with Gasteiger partial charge in [-0.1, -0.05) is 24.4 Å². The average Bonchev–Trinajstić information content (AvgIpc) is 2.90. The molecule has 1 aliphatic rings. The summed E-state index contributed by atoms with van der Waals surface area (Å²) in [5.74, 6) is 1.49. The average molecular weight is 267 g/mol. The number of ether oxygens (including phenoxy) is 1. The lowest BCUT2D eigenvalue weighted by atomic mass is 9.84. The molecule has 0 saturated heterocycles. The Bertz CT molecular complexity index is 367. The van der Waals surface area contributed by atoms with Crippen LogP contribution in [-0.2, 0) is 16.8 Å². The number of aromatic nitrogens is 2. The van der Waals surface area contributed by atoms with Crippen molar-refractivity contribution in [3.63, 3.8) is 0 Å². The quantitative estimate of drug-likeness (QED) is 0.769. The van der Waals surface area contributed by atoms with Crippen LogP contribution < -0.4 is 5.32 Å². The standard InChI is InChI=1S/C14H25N3O2/c1-3-18-14(9-5-4-6-10-14)13-16-12(19-17-13)8-7-11-15-2/h15H,3-11H2,1-2H3. The Morgan fingerprint density at radius 2 is 2.11 bits per heavy atom. The van der Waals surface area contributed by atoms with Crippen molar-refractivity contribution in [2.75, 3.05) is 20.2 Å². The first-order valence-electron chi connectivity index (χ1n) is 7.42. The molecule has 19 heavy (non-hydrogen) atoms. The summed E-state index contributed by atoms with van der Waals surface area (Å²) in [6.45, 7) is 3.70. The molecule has 0 aliphatic heterocycles. The molecule has 0 atom stereocenters. The molecule has 0 spiro atoms. The van der Waals surface area contributed by atoms with E-state index >= 15 is 0 Å². The van der Waals surface area contributed by atoms with E-state index in [9.17, 15) is 0 Å². The number of aryl methyl sites for hydroxylation is 1. The maximum absolute atomic E-state index is 6.00. The Kier molecular flexibility index (Phi) is 5.34. The van der Waals surface area contributed by atoms with Crippen molar-refractivity contribution in [1.29, 1.82) is 0 Å². The van der Waals surface area contributed by atoms with Gasteiger partial charge in [-0.15, -0.1) is 0 Å². The molecule has 0 bridgehead atoms. The smallest absolute Gasteiger partial charge is 0.226 e. The highest BCUT2D eigenvalue weighted by Gasteiger charge is 2.39. The van der Waals surface area contributed by atoms with E-state index in [1.54, 1.807) is 0 Å². The number of hydrogen-bond acceptors (Lipinski definition) is 5. The van der Waals surface area contributed by atoms with Gasteiger partial charge in [0.15, 0.2) is 0 Å². The minimum absolute atomic E-state index is 0.294. The van der Waals surface area contributed by atoms with E-state index in [4.69, 9.17) is 9.26 Å². The third-order valence-electron chi connectivity index (χ3n) is 3.77. The molecule has 1 aliphatic carbocycles. The Morgan fingerprint density at radius 1 is 1.32 bits per heavy atom. The molecule has 0 unspecified atom stereocenters. The van der Waals surface area contributed by atoms with Crippen LogP contribution in [0.15, 0.2) is 4.52 Å². The lowest BCUT2D eigenvalue weighted by Crippen LogP contribution is -2.33. The molecule has 0 radical (unpaired) electrons. The van der Waals surface area contributed by atoms with Gasteiger partial charge in [0.1, 0.15) is 5.60 Å². The largest absolute Gasteiger partial charge is 0.367 e. The second-order valence-corrected chi connectivity index (χ2v) is 5.21. The van der Waals surface area contributed by atoms with E-state index in [0.29, 0.717) is 6.61 Å². The lowest BCUT2D eigenvalue weighted by Gasteiger charge is -2.33. The molecule has 1 saturated carbocycles. The van der Waals surface area contributed by atoms with Gasteiger partial charge in [-0.2, -0.15) is 4.98 Å². The van der Waals surface area contributed by atoms with Gasteiger partial charge in [-0.05, 0) is 39.8 Å². The van der Waals surface area contributed by atoms with Crippen molar-refractivity contribution in [3.8, 4) is 0 Å². The Hall–Kier alpha value is -0.940. The van der Waals surface area contributed by atoms with Crippen LogP contribution >= 0.6 is 0 Å². The fourth-order valence-electron chi connectivity index (χ4n) is 2.79. The molecule has 1 heterocycles. The molecule has 0 aromatic carbocycles. The first kappa shape index (κ1) is 14.5. The molecule has 2 rings (SSSR count). The highest BCUT2D eigenvalue weighted by atomic mass is 16.5. The predicted molar refractivity (Wildman–Crippen MR) is 72.9 cm³/mol. The molecular formula is C14H25N3O2. The van der Waals surface area contributed by atoms with Crippen LogP contribution in [0, 0.1) is 0 Å². The van der Waals surface area contributed by atoms with E-state index in [1.807, 2.05) is 14.0 Å². The Morgan fingerprint density at radius 3 is 2.79 bits per heavy atom. The number of rotatable bonds is 7. The van der Waals surface area contributed by atoms with Gasteiger partial charge in [0, 0.05) is 13.0 Å². The summed E-state index contributed by atoms with van der Waals surface area (Å²) in [6.07, 6.45) is 7.51. The van der Waals surface area contributed by atoms with Crippen molar-refractivity contribution in [3.05, 3.63) is 11.7 Å². The maximum atomic E-state index is 6.00. The number of hydrogen-bond donors (Lipinski definition) is 1. The fraction of sp³-hybridized carbons (Fsp3) is 0.857. The third-order valence-corrected chi connectivity index (χ3v) is 3.77. The maximum Gasteiger partial charge on any atom is 0.226 e. The van der Waals surface area contributed by atoms with Gasteiger partial charge < -0.3 is 14.6 Å². The lowest BCUT2D eigenvalue weighted by molar-refractivity contribution is -0.0777. The van der Waals surface area contributed by atoms with Crippen LogP contribution in [0.1, 0.15) is 57.2 Å². The van der Waals surface area contributed by atoms with Gasteiger partial charge in [0.25, 0.3) is 0 Å². The zero-order chi connectivity index (χ0) is 13.6. The van der Waals surface area contributed by atoms with Gasteiger partial charge >= 0.3 is 0 Å². The minimum Gasteiger partial charge on any atom is -0.367 e. The van der Waals surface area contributed by atoms with E-state index in [0.717, 1.165) is 43.9 Å². The third kappa shape index (κ3) is 3.54. The van der Waals surface area contributed by atoms with Gasteiger partial charge in [-0.25, -0.2) is 0 Å². The van der Waals surface area contributed by atoms with Crippen LogP contribution in [0.3, 0.4) is 0 Å². The Balaban J connectivity index is 2.04. The number of nitrogens with zero attached hydrogens (tertiary/aromatic N) is 2. The van der Waals surface area contributed by atoms with Crippen molar-refractivity contribution in [1.82, 2.24) is 15.5 Å². The van der Waals surface area contributed by atoms with Crippen molar-refractivity contribution in [2.45, 2.75) is 57.5 Å². The molecular weight excluding hydrogens is 242 g/mol. The minimum atomic E-state index is -0.294. The van der Waals surface area contributed by atoms with Crippen molar-refractivity contribution in [2.24, 2.45) is 0 Å². The molecule has 1 fully saturated rings. The van der Waals surface area contributed by atoms with E-state index in [-0.39, 0.29) is 5.60 Å². The highest BCUT2D eigenvalue weighted by Crippen LogP contribution is 2.39. The molecule has 5 heteroatoms. The molecule has 5 nitrogen and oxygen atoms in total. The highest BCUT2D eigenvalue weighted by molar-refractivity contribution is 5.03.